The summed E-state index contributed by atoms with van der Waals surface area (Å²) in [5.74, 6) is 0.430. The first-order valence-corrected chi connectivity index (χ1v) is 6.60. The zero-order valence-electron chi connectivity index (χ0n) is 9.46. The van der Waals surface area contributed by atoms with E-state index in [2.05, 4.69) is 0 Å². The Morgan fingerprint density at radius 2 is 1.80 bits per heavy atom. The van der Waals surface area contributed by atoms with Crippen molar-refractivity contribution in [2.24, 2.45) is 0 Å². The fourth-order valence-corrected chi connectivity index (χ4v) is 2.50. The van der Waals surface area contributed by atoms with Gasteiger partial charge in [0, 0.05) is 28.4 Å². The molecule has 0 saturated carbocycles. The molecule has 2 nitrogen and oxygen atoms in total. The third-order valence-electron chi connectivity index (χ3n) is 1.78. The summed E-state index contributed by atoms with van der Waals surface area (Å²) in [4.78, 5) is 13.6. The number of amides is 1. The highest BCUT2D eigenvalue weighted by Crippen LogP contribution is 2.19. The molecule has 0 fully saturated rings. The molecule has 88 valence electrons. The Balaban J connectivity index is 4.28. The van der Waals surface area contributed by atoms with Gasteiger partial charge in [0.1, 0.15) is 0 Å². The van der Waals surface area contributed by atoms with E-state index in [1.165, 1.54) is 17.3 Å². The maximum absolute atomic E-state index is 11.8. The third kappa shape index (κ3) is 5.69. The van der Waals surface area contributed by atoms with E-state index >= 15 is 0 Å². The van der Waals surface area contributed by atoms with Gasteiger partial charge in [-0.3, -0.25) is 4.79 Å². The van der Waals surface area contributed by atoms with Crippen LogP contribution in [0.25, 0.3) is 0 Å². The fourth-order valence-electron chi connectivity index (χ4n) is 1.25. The molecule has 0 spiro atoms. The maximum atomic E-state index is 11.8. The van der Waals surface area contributed by atoms with Crippen LogP contribution in [0.1, 0.15) is 27.7 Å². The smallest absolute Gasteiger partial charge is 0.282 e. The minimum Gasteiger partial charge on any atom is -0.329 e. The van der Waals surface area contributed by atoms with Crippen LogP contribution in [0.3, 0.4) is 0 Å². The zero-order valence-corrected chi connectivity index (χ0v) is 11.8. The highest BCUT2D eigenvalue weighted by molar-refractivity contribution is 8.13. The first kappa shape index (κ1) is 15.1. The number of hydrogen-bond donors (Lipinski definition) is 0. The number of rotatable bonds is 4. The van der Waals surface area contributed by atoms with E-state index in [0.29, 0.717) is 10.8 Å². The van der Waals surface area contributed by atoms with E-state index in [9.17, 15) is 4.79 Å². The van der Waals surface area contributed by atoms with Crippen LogP contribution in [0.5, 0.6) is 0 Å². The molecule has 5 heteroatoms. The molecule has 0 aliphatic carbocycles. The summed E-state index contributed by atoms with van der Waals surface area (Å²) < 4.78 is 0. The van der Waals surface area contributed by atoms with Crippen molar-refractivity contribution < 1.29 is 4.79 Å². The summed E-state index contributed by atoms with van der Waals surface area (Å²) in [5.41, 5.74) is 1.29. The Bertz CT molecular complexity index is 234. The van der Waals surface area contributed by atoms with Crippen molar-refractivity contribution in [1.29, 1.82) is 0 Å². The average molecular weight is 270 g/mol. The van der Waals surface area contributed by atoms with E-state index in [4.69, 9.17) is 23.2 Å². The molecule has 0 aliphatic heterocycles. The monoisotopic (exact) mass is 269 g/mol. The highest BCUT2D eigenvalue weighted by atomic mass is 35.5. The van der Waals surface area contributed by atoms with Gasteiger partial charge in [0.15, 0.2) is 0 Å². The molecule has 0 saturated heterocycles. The first-order chi connectivity index (χ1) is 6.90. The molecule has 0 heterocycles. The summed E-state index contributed by atoms with van der Waals surface area (Å²) in [5, 5.41) is 0.527. The van der Waals surface area contributed by atoms with Gasteiger partial charge in [0.2, 0.25) is 0 Å². The number of thioether (sulfide) groups is 1. The lowest BCUT2D eigenvalue weighted by atomic mass is 10.2. The van der Waals surface area contributed by atoms with Crippen LogP contribution >= 0.6 is 35.0 Å². The lowest BCUT2D eigenvalue weighted by molar-refractivity contribution is 0.190. The molecule has 0 N–H and O–H groups in total. The minimum absolute atomic E-state index is 0.0386. The summed E-state index contributed by atoms with van der Waals surface area (Å²) in [7, 11) is 0. The number of halogens is 2. The Hall–Kier alpha value is 0.140. The van der Waals surface area contributed by atoms with Crippen LogP contribution in [0.2, 0.25) is 0 Å². The maximum Gasteiger partial charge on any atom is 0.282 e. The SMILES string of the molecule is CC(C)N(C(=O)SC/C(Cl)=C/Cl)C(C)C. The number of carbonyl (C=O) groups is 1. The molecule has 0 aliphatic rings. The summed E-state index contributed by atoms with van der Waals surface area (Å²) >= 11 is 12.3. The fraction of sp³-hybridized carbons (Fsp3) is 0.700. The molecule has 0 aromatic carbocycles. The molecule has 0 unspecified atom stereocenters. The van der Waals surface area contributed by atoms with Gasteiger partial charge in [-0.25, -0.2) is 0 Å². The van der Waals surface area contributed by atoms with Crippen molar-refractivity contribution in [3.05, 3.63) is 10.6 Å². The lowest BCUT2D eigenvalue weighted by Crippen LogP contribution is -2.39. The van der Waals surface area contributed by atoms with E-state index < -0.39 is 0 Å². The Morgan fingerprint density at radius 1 is 1.33 bits per heavy atom. The summed E-state index contributed by atoms with van der Waals surface area (Å²) in [6.07, 6.45) is 0. The molecule has 0 aromatic rings. The van der Waals surface area contributed by atoms with Crippen molar-refractivity contribution in [1.82, 2.24) is 4.90 Å². The van der Waals surface area contributed by atoms with E-state index in [0.717, 1.165) is 0 Å². The Kier molecular flexibility index (Phi) is 7.49. The Morgan fingerprint density at radius 3 is 2.13 bits per heavy atom. The number of nitrogens with zero attached hydrogens (tertiary/aromatic N) is 1. The van der Waals surface area contributed by atoms with E-state index in [1.807, 2.05) is 32.6 Å². The molecule has 0 aromatic heterocycles. The minimum atomic E-state index is 0.0386. The standard InChI is InChI=1S/C10H17Cl2NOS/c1-7(2)13(8(3)4)10(14)15-6-9(12)5-11/h5,7-8H,6H2,1-4H3/b9-5-. The molecular weight excluding hydrogens is 253 g/mol. The van der Waals surface area contributed by atoms with Crippen LogP contribution in [0.4, 0.5) is 4.79 Å². The molecule has 15 heavy (non-hydrogen) atoms. The molecular formula is C10H17Cl2NOS. The van der Waals surface area contributed by atoms with E-state index in [1.54, 1.807) is 0 Å². The second kappa shape index (κ2) is 7.42. The van der Waals surface area contributed by atoms with Crippen molar-refractivity contribution >= 4 is 40.2 Å². The summed E-state index contributed by atoms with van der Waals surface area (Å²) in [6.45, 7) is 7.99. The summed E-state index contributed by atoms with van der Waals surface area (Å²) in [6, 6.07) is 0.396. The predicted octanol–water partition coefficient (Wildman–Crippen LogP) is 4.28. The van der Waals surface area contributed by atoms with Crippen LogP contribution in [-0.4, -0.2) is 28.0 Å². The quantitative estimate of drug-likeness (QED) is 0.760. The van der Waals surface area contributed by atoms with Gasteiger partial charge >= 0.3 is 0 Å². The topological polar surface area (TPSA) is 20.3 Å². The second-order valence-corrected chi connectivity index (χ2v) is 5.34. The normalized spacial score (nSPS) is 12.4. The number of hydrogen-bond acceptors (Lipinski definition) is 2. The van der Waals surface area contributed by atoms with Gasteiger partial charge in [-0.2, -0.15) is 0 Å². The van der Waals surface area contributed by atoms with E-state index in [-0.39, 0.29) is 17.3 Å². The van der Waals surface area contributed by atoms with Crippen LogP contribution in [0, 0.1) is 0 Å². The van der Waals surface area contributed by atoms with Gasteiger partial charge < -0.3 is 4.90 Å². The average Bonchev–Trinajstić information content (AvgIpc) is 2.12. The molecule has 1 amide bonds. The molecule has 0 rings (SSSR count). The lowest BCUT2D eigenvalue weighted by Gasteiger charge is -2.30. The van der Waals surface area contributed by atoms with Gasteiger partial charge in [0.25, 0.3) is 5.24 Å². The third-order valence-corrected chi connectivity index (χ3v) is 3.46. The second-order valence-electron chi connectivity index (χ2n) is 3.71. The van der Waals surface area contributed by atoms with Crippen molar-refractivity contribution in [2.45, 2.75) is 39.8 Å². The molecule has 0 bridgehead atoms. The van der Waals surface area contributed by atoms with Crippen molar-refractivity contribution in [3.63, 3.8) is 0 Å². The number of carbonyl (C=O) groups excluding carboxylic acids is 1. The van der Waals surface area contributed by atoms with Gasteiger partial charge in [0.05, 0.1) is 0 Å². The Labute approximate surface area is 106 Å². The first-order valence-electron chi connectivity index (χ1n) is 4.80. The van der Waals surface area contributed by atoms with Gasteiger partial charge in [-0.1, -0.05) is 35.0 Å². The molecule has 0 radical (unpaired) electrons. The highest BCUT2D eigenvalue weighted by Gasteiger charge is 2.20. The van der Waals surface area contributed by atoms with Crippen LogP contribution < -0.4 is 0 Å². The molecule has 0 atom stereocenters. The van der Waals surface area contributed by atoms with Gasteiger partial charge in [-0.15, -0.1) is 0 Å². The zero-order chi connectivity index (χ0) is 12.0. The van der Waals surface area contributed by atoms with Gasteiger partial charge in [-0.05, 0) is 27.7 Å². The van der Waals surface area contributed by atoms with Crippen molar-refractivity contribution in [3.8, 4) is 0 Å². The van der Waals surface area contributed by atoms with Crippen molar-refractivity contribution in [2.75, 3.05) is 5.75 Å². The van der Waals surface area contributed by atoms with Crippen LogP contribution in [-0.2, 0) is 0 Å². The van der Waals surface area contributed by atoms with Crippen LogP contribution in [0.15, 0.2) is 10.6 Å². The predicted molar refractivity (Wildman–Crippen MR) is 69.8 cm³/mol. The largest absolute Gasteiger partial charge is 0.329 e.